The van der Waals surface area contributed by atoms with Crippen LogP contribution >= 0.6 is 11.6 Å². The molecule has 15 heavy (non-hydrogen) atoms. The lowest BCUT2D eigenvalue weighted by Crippen LogP contribution is -2.06. The van der Waals surface area contributed by atoms with Crippen LogP contribution in [0.3, 0.4) is 0 Å². The van der Waals surface area contributed by atoms with Gasteiger partial charge in [0.05, 0.1) is 10.8 Å². The van der Waals surface area contributed by atoms with Crippen molar-refractivity contribution in [2.45, 2.75) is 13.3 Å². The van der Waals surface area contributed by atoms with Crippen LogP contribution in [0, 0.1) is 17.0 Å². The van der Waals surface area contributed by atoms with E-state index < -0.39 is 4.92 Å². The summed E-state index contributed by atoms with van der Waals surface area (Å²) in [7, 11) is 0. The zero-order chi connectivity index (χ0) is 11.4. The van der Waals surface area contributed by atoms with E-state index in [4.69, 9.17) is 11.6 Å². The molecule has 0 spiro atoms. The van der Waals surface area contributed by atoms with Gasteiger partial charge in [0.15, 0.2) is 5.78 Å². The van der Waals surface area contributed by atoms with Crippen molar-refractivity contribution in [1.29, 1.82) is 0 Å². The predicted molar refractivity (Wildman–Crippen MR) is 57.3 cm³/mol. The average Bonchev–Trinajstić information content (AvgIpc) is 2.20. The van der Waals surface area contributed by atoms with Crippen molar-refractivity contribution in [1.82, 2.24) is 0 Å². The molecule has 0 aliphatic carbocycles. The van der Waals surface area contributed by atoms with Crippen molar-refractivity contribution >= 4 is 23.1 Å². The van der Waals surface area contributed by atoms with Crippen LogP contribution in [0.2, 0.25) is 0 Å². The Bertz CT molecular complexity index is 404. The van der Waals surface area contributed by atoms with E-state index in [0.29, 0.717) is 11.1 Å². The Morgan fingerprint density at radius 2 is 2.20 bits per heavy atom. The summed E-state index contributed by atoms with van der Waals surface area (Å²) in [6, 6.07) is 4.69. The minimum absolute atomic E-state index is 0.0369. The van der Waals surface area contributed by atoms with Gasteiger partial charge < -0.3 is 0 Å². The molecule has 4 nitrogen and oxygen atoms in total. The Labute approximate surface area is 92.0 Å². The van der Waals surface area contributed by atoms with E-state index in [1.165, 1.54) is 6.07 Å². The lowest BCUT2D eigenvalue weighted by molar-refractivity contribution is -0.385. The topological polar surface area (TPSA) is 60.2 Å². The van der Waals surface area contributed by atoms with Crippen LogP contribution in [0.15, 0.2) is 18.2 Å². The highest BCUT2D eigenvalue weighted by molar-refractivity contribution is 6.27. The molecule has 0 aromatic heterocycles. The molecule has 1 aromatic rings. The molecule has 0 atom stereocenters. The third-order valence-electron chi connectivity index (χ3n) is 2.15. The minimum Gasteiger partial charge on any atom is -0.298 e. The largest absolute Gasteiger partial charge is 0.298 e. The van der Waals surface area contributed by atoms with Crippen LogP contribution in [0.25, 0.3) is 0 Å². The average molecular weight is 228 g/mol. The number of hydrogen-bond acceptors (Lipinski definition) is 3. The second-order valence-electron chi connectivity index (χ2n) is 3.17. The van der Waals surface area contributed by atoms with Crippen molar-refractivity contribution in [3.8, 4) is 0 Å². The summed E-state index contributed by atoms with van der Waals surface area (Å²) in [6.45, 7) is 1.63. The molecule has 80 valence electrons. The van der Waals surface area contributed by atoms with Crippen molar-refractivity contribution in [2.24, 2.45) is 0 Å². The summed E-state index contributed by atoms with van der Waals surface area (Å²) in [5.41, 5.74) is 1.23. The third kappa shape index (κ3) is 2.76. The number of Topliss-reactive ketones (excluding diaryl/α,β-unsaturated/α-hetero) is 1. The summed E-state index contributed by atoms with van der Waals surface area (Å²) >= 11 is 5.37. The molecule has 0 heterocycles. The van der Waals surface area contributed by atoms with E-state index in [0.717, 1.165) is 0 Å². The fourth-order valence-electron chi connectivity index (χ4n) is 1.32. The molecule has 1 aromatic carbocycles. The maximum Gasteiger partial charge on any atom is 0.272 e. The van der Waals surface area contributed by atoms with E-state index >= 15 is 0 Å². The fraction of sp³-hybridized carbons (Fsp3) is 0.300. The zero-order valence-electron chi connectivity index (χ0n) is 8.20. The van der Waals surface area contributed by atoms with Gasteiger partial charge >= 0.3 is 0 Å². The standard InChI is InChI=1S/C10H10ClNO3/c1-7-8(5-9(13)6-11)3-2-4-10(7)12(14)15/h2-4H,5-6H2,1H3. The van der Waals surface area contributed by atoms with Crippen LogP contribution in [0.1, 0.15) is 11.1 Å². The number of hydrogen-bond donors (Lipinski definition) is 0. The number of nitro groups is 1. The van der Waals surface area contributed by atoms with Crippen molar-refractivity contribution in [3.05, 3.63) is 39.4 Å². The molecule has 0 aliphatic rings. The quantitative estimate of drug-likeness (QED) is 0.450. The number of halogens is 1. The van der Waals surface area contributed by atoms with E-state index in [2.05, 4.69) is 0 Å². The van der Waals surface area contributed by atoms with Crippen molar-refractivity contribution in [3.63, 3.8) is 0 Å². The number of ketones is 1. The highest BCUT2D eigenvalue weighted by atomic mass is 35.5. The fourth-order valence-corrected chi connectivity index (χ4v) is 1.41. The molecule has 1 rings (SSSR count). The SMILES string of the molecule is Cc1c(CC(=O)CCl)cccc1[N+](=O)[O-]. The first kappa shape index (κ1) is 11.7. The molecule has 0 unspecified atom stereocenters. The first-order chi connectivity index (χ1) is 7.06. The number of nitrogens with zero attached hydrogens (tertiary/aromatic N) is 1. The van der Waals surface area contributed by atoms with E-state index in [-0.39, 0.29) is 23.8 Å². The summed E-state index contributed by atoms with van der Waals surface area (Å²) < 4.78 is 0. The van der Waals surface area contributed by atoms with Gasteiger partial charge in [-0.1, -0.05) is 12.1 Å². The van der Waals surface area contributed by atoms with E-state index in [1.54, 1.807) is 19.1 Å². The van der Waals surface area contributed by atoms with Crippen LogP contribution in [0.5, 0.6) is 0 Å². The third-order valence-corrected chi connectivity index (χ3v) is 2.45. The van der Waals surface area contributed by atoms with Gasteiger partial charge in [0.1, 0.15) is 0 Å². The van der Waals surface area contributed by atoms with Gasteiger partial charge in [-0.25, -0.2) is 0 Å². The predicted octanol–water partition coefficient (Wildman–Crippen LogP) is 2.25. The van der Waals surface area contributed by atoms with Gasteiger partial charge in [-0.15, -0.1) is 11.6 Å². The first-order valence-electron chi connectivity index (χ1n) is 4.36. The molecule has 5 heteroatoms. The number of benzene rings is 1. The smallest absolute Gasteiger partial charge is 0.272 e. The van der Waals surface area contributed by atoms with Crippen LogP contribution in [0.4, 0.5) is 5.69 Å². The lowest BCUT2D eigenvalue weighted by atomic mass is 10.0. The number of rotatable bonds is 4. The minimum atomic E-state index is -0.454. The molecule has 0 aliphatic heterocycles. The van der Waals surface area contributed by atoms with Crippen LogP contribution in [-0.2, 0) is 11.2 Å². The Balaban J connectivity index is 3.04. The van der Waals surface area contributed by atoms with Gasteiger partial charge in [0.2, 0.25) is 0 Å². The van der Waals surface area contributed by atoms with Crippen molar-refractivity contribution < 1.29 is 9.72 Å². The maximum atomic E-state index is 11.1. The molecule has 0 amide bonds. The first-order valence-corrected chi connectivity index (χ1v) is 4.90. The van der Waals surface area contributed by atoms with Gasteiger partial charge in [0.25, 0.3) is 5.69 Å². The highest BCUT2D eigenvalue weighted by Gasteiger charge is 2.14. The van der Waals surface area contributed by atoms with E-state index in [1.807, 2.05) is 0 Å². The molecular formula is C10H10ClNO3. The van der Waals surface area contributed by atoms with Crippen LogP contribution < -0.4 is 0 Å². The zero-order valence-corrected chi connectivity index (χ0v) is 8.95. The van der Waals surface area contributed by atoms with Gasteiger partial charge in [-0.3, -0.25) is 14.9 Å². The van der Waals surface area contributed by atoms with Gasteiger partial charge in [-0.2, -0.15) is 0 Å². The summed E-state index contributed by atoms with van der Waals surface area (Å²) in [4.78, 5) is 21.3. The number of alkyl halides is 1. The highest BCUT2D eigenvalue weighted by Crippen LogP contribution is 2.21. The lowest BCUT2D eigenvalue weighted by Gasteiger charge is -2.04. The Hall–Kier alpha value is -1.42. The number of nitro benzene ring substituents is 1. The van der Waals surface area contributed by atoms with Crippen molar-refractivity contribution in [2.75, 3.05) is 5.88 Å². The second-order valence-corrected chi connectivity index (χ2v) is 3.43. The number of carbonyl (C=O) groups excluding carboxylic acids is 1. The monoisotopic (exact) mass is 227 g/mol. The second kappa shape index (κ2) is 4.89. The molecule has 0 bridgehead atoms. The normalized spacial score (nSPS) is 10.0. The Morgan fingerprint density at radius 1 is 1.53 bits per heavy atom. The summed E-state index contributed by atoms with van der Waals surface area (Å²) in [5, 5.41) is 10.6. The van der Waals surface area contributed by atoms with Crippen LogP contribution in [-0.4, -0.2) is 16.6 Å². The molecule has 0 N–H and O–H groups in total. The molecule has 0 radical (unpaired) electrons. The maximum absolute atomic E-state index is 11.1. The number of carbonyl (C=O) groups is 1. The van der Waals surface area contributed by atoms with Gasteiger partial charge in [-0.05, 0) is 12.5 Å². The van der Waals surface area contributed by atoms with Gasteiger partial charge in [0, 0.05) is 18.1 Å². The molecule has 0 saturated heterocycles. The molecule has 0 saturated carbocycles. The molecular weight excluding hydrogens is 218 g/mol. The van der Waals surface area contributed by atoms with E-state index in [9.17, 15) is 14.9 Å². The summed E-state index contributed by atoms with van der Waals surface area (Å²) in [5.74, 6) is -0.206. The molecule has 0 fully saturated rings. The summed E-state index contributed by atoms with van der Waals surface area (Å²) in [6.07, 6.45) is 0.150. The Morgan fingerprint density at radius 3 is 2.73 bits per heavy atom. The Kier molecular flexibility index (Phi) is 3.80.